The van der Waals surface area contributed by atoms with Crippen molar-refractivity contribution >= 4 is 17.6 Å². The number of carbonyl (C=O) groups excluding carboxylic acids is 1. The fourth-order valence-electron chi connectivity index (χ4n) is 1.53. The van der Waals surface area contributed by atoms with Gasteiger partial charge in [-0.25, -0.2) is 4.79 Å². The van der Waals surface area contributed by atoms with Crippen molar-refractivity contribution in [2.45, 2.75) is 19.4 Å². The number of halogens is 1. The minimum absolute atomic E-state index is 0.0431. The maximum Gasteiger partial charge on any atom is 0.338 e. The summed E-state index contributed by atoms with van der Waals surface area (Å²) in [5.41, 5.74) is 1.62. The van der Waals surface area contributed by atoms with E-state index in [4.69, 9.17) is 16.3 Å². The topological polar surface area (TPSA) is 26.3 Å². The molecule has 0 saturated carbocycles. The van der Waals surface area contributed by atoms with E-state index in [2.05, 4.69) is 0 Å². The van der Waals surface area contributed by atoms with Crippen LogP contribution in [0.2, 0.25) is 5.02 Å². The molecule has 68 valence electrons. The Morgan fingerprint density at radius 2 is 2.31 bits per heavy atom. The number of cyclic esters (lactones) is 1. The van der Waals surface area contributed by atoms with Gasteiger partial charge in [-0.15, -0.1) is 0 Å². The highest BCUT2D eigenvalue weighted by Gasteiger charge is 2.22. The highest BCUT2D eigenvalue weighted by molar-refractivity contribution is 6.30. The van der Waals surface area contributed by atoms with Crippen molar-refractivity contribution in [2.75, 3.05) is 0 Å². The molecule has 1 atom stereocenters. The van der Waals surface area contributed by atoms with Crippen LogP contribution in [0.25, 0.3) is 0 Å². The third-order valence-electron chi connectivity index (χ3n) is 2.10. The van der Waals surface area contributed by atoms with E-state index < -0.39 is 0 Å². The molecule has 0 saturated heterocycles. The molecule has 1 aromatic rings. The van der Waals surface area contributed by atoms with Gasteiger partial charge in [0.1, 0.15) is 6.10 Å². The molecule has 0 bridgehead atoms. The molecule has 0 N–H and O–H groups in total. The zero-order valence-electron chi connectivity index (χ0n) is 7.21. The zero-order chi connectivity index (χ0) is 9.42. The van der Waals surface area contributed by atoms with Crippen LogP contribution in [0, 0.1) is 0 Å². The van der Waals surface area contributed by atoms with E-state index in [1.165, 1.54) is 0 Å². The first kappa shape index (κ1) is 8.57. The zero-order valence-corrected chi connectivity index (χ0v) is 7.97. The summed E-state index contributed by atoms with van der Waals surface area (Å²) in [6.45, 7) is 1.88. The van der Waals surface area contributed by atoms with E-state index in [0.29, 0.717) is 10.6 Å². The van der Waals surface area contributed by atoms with Crippen molar-refractivity contribution in [1.82, 2.24) is 0 Å². The summed E-state index contributed by atoms with van der Waals surface area (Å²) in [5.74, 6) is -0.245. The lowest BCUT2D eigenvalue weighted by Gasteiger charge is -2.21. The maximum atomic E-state index is 11.3. The van der Waals surface area contributed by atoms with Crippen LogP contribution in [-0.2, 0) is 11.2 Å². The number of carbonyl (C=O) groups is 1. The molecule has 13 heavy (non-hydrogen) atoms. The van der Waals surface area contributed by atoms with Gasteiger partial charge in [-0.1, -0.05) is 11.6 Å². The third kappa shape index (κ3) is 1.54. The van der Waals surface area contributed by atoms with Crippen LogP contribution in [0.4, 0.5) is 0 Å². The predicted octanol–water partition coefficient (Wildman–Crippen LogP) is 2.44. The summed E-state index contributed by atoms with van der Waals surface area (Å²) < 4.78 is 5.07. The molecule has 0 fully saturated rings. The standard InChI is InChI=1S/C10H9ClO2/c1-6-4-7-5-8(11)2-3-9(7)10(12)13-6/h2-3,5-6H,4H2,1H3. The van der Waals surface area contributed by atoms with E-state index in [0.717, 1.165) is 12.0 Å². The van der Waals surface area contributed by atoms with Crippen LogP contribution in [-0.4, -0.2) is 12.1 Å². The van der Waals surface area contributed by atoms with Gasteiger partial charge in [0.15, 0.2) is 0 Å². The molecular weight excluding hydrogens is 188 g/mol. The summed E-state index contributed by atoms with van der Waals surface area (Å²) in [6, 6.07) is 5.25. The van der Waals surface area contributed by atoms with Crippen molar-refractivity contribution < 1.29 is 9.53 Å². The highest BCUT2D eigenvalue weighted by atomic mass is 35.5. The number of esters is 1. The molecule has 1 unspecified atom stereocenters. The number of ether oxygens (including phenoxy) is 1. The number of hydrogen-bond donors (Lipinski definition) is 0. The number of hydrogen-bond acceptors (Lipinski definition) is 2. The van der Waals surface area contributed by atoms with Gasteiger partial charge < -0.3 is 4.74 Å². The Balaban J connectivity index is 2.49. The third-order valence-corrected chi connectivity index (χ3v) is 2.34. The molecular formula is C10H9ClO2. The molecule has 0 aromatic heterocycles. The van der Waals surface area contributed by atoms with E-state index in [-0.39, 0.29) is 12.1 Å². The Kier molecular flexibility index (Phi) is 2.00. The van der Waals surface area contributed by atoms with Gasteiger partial charge in [0, 0.05) is 11.4 Å². The average molecular weight is 197 g/mol. The number of rotatable bonds is 0. The monoisotopic (exact) mass is 196 g/mol. The number of benzene rings is 1. The van der Waals surface area contributed by atoms with Crippen LogP contribution >= 0.6 is 11.6 Å². The summed E-state index contributed by atoms with van der Waals surface area (Å²) in [5, 5.41) is 0.667. The summed E-state index contributed by atoms with van der Waals surface area (Å²) in [7, 11) is 0. The van der Waals surface area contributed by atoms with Crippen molar-refractivity contribution in [3.63, 3.8) is 0 Å². The van der Waals surface area contributed by atoms with Crippen LogP contribution < -0.4 is 0 Å². The lowest BCUT2D eigenvalue weighted by molar-refractivity contribution is 0.0301. The second kappa shape index (κ2) is 3.04. The Labute approximate surface area is 81.5 Å². The SMILES string of the molecule is CC1Cc2cc(Cl)ccc2C(=O)O1. The van der Waals surface area contributed by atoms with E-state index in [1.807, 2.05) is 13.0 Å². The molecule has 0 aliphatic carbocycles. The second-order valence-corrected chi connectivity index (χ2v) is 3.66. The van der Waals surface area contributed by atoms with Crippen LogP contribution in [0.15, 0.2) is 18.2 Å². The minimum atomic E-state index is -0.245. The van der Waals surface area contributed by atoms with Crippen LogP contribution in [0.1, 0.15) is 22.8 Å². The molecule has 3 heteroatoms. The first-order valence-electron chi connectivity index (χ1n) is 4.16. The number of fused-ring (bicyclic) bond motifs is 1. The molecule has 0 spiro atoms. The summed E-state index contributed by atoms with van der Waals surface area (Å²) in [6.07, 6.45) is 0.709. The predicted molar refractivity (Wildman–Crippen MR) is 50.0 cm³/mol. The van der Waals surface area contributed by atoms with Crippen molar-refractivity contribution in [3.05, 3.63) is 34.3 Å². The molecule has 2 rings (SSSR count). The van der Waals surface area contributed by atoms with Gasteiger partial charge in [-0.2, -0.15) is 0 Å². The molecule has 1 aliphatic rings. The van der Waals surface area contributed by atoms with Gasteiger partial charge in [-0.05, 0) is 30.7 Å². The van der Waals surface area contributed by atoms with Crippen molar-refractivity contribution in [1.29, 1.82) is 0 Å². The second-order valence-electron chi connectivity index (χ2n) is 3.22. The normalized spacial score (nSPS) is 20.8. The fourth-order valence-corrected chi connectivity index (χ4v) is 1.72. The van der Waals surface area contributed by atoms with E-state index in [1.54, 1.807) is 12.1 Å². The molecule has 0 radical (unpaired) electrons. The van der Waals surface area contributed by atoms with Crippen molar-refractivity contribution in [2.24, 2.45) is 0 Å². The lowest BCUT2D eigenvalue weighted by Crippen LogP contribution is -2.24. The van der Waals surface area contributed by atoms with E-state index in [9.17, 15) is 4.79 Å². The Bertz CT molecular complexity index is 360. The van der Waals surface area contributed by atoms with E-state index >= 15 is 0 Å². The Hall–Kier alpha value is -1.02. The van der Waals surface area contributed by atoms with Gasteiger partial charge in [0.25, 0.3) is 0 Å². The van der Waals surface area contributed by atoms with Gasteiger partial charge in [-0.3, -0.25) is 0 Å². The van der Waals surface area contributed by atoms with Gasteiger partial charge in [0.2, 0.25) is 0 Å². The summed E-state index contributed by atoms with van der Waals surface area (Å²) in [4.78, 5) is 11.3. The molecule has 1 heterocycles. The molecule has 0 amide bonds. The van der Waals surface area contributed by atoms with Crippen molar-refractivity contribution in [3.8, 4) is 0 Å². The molecule has 2 nitrogen and oxygen atoms in total. The maximum absolute atomic E-state index is 11.3. The smallest absolute Gasteiger partial charge is 0.338 e. The minimum Gasteiger partial charge on any atom is -0.459 e. The van der Waals surface area contributed by atoms with Crippen LogP contribution in [0.3, 0.4) is 0 Å². The molecule has 1 aromatic carbocycles. The van der Waals surface area contributed by atoms with Crippen LogP contribution in [0.5, 0.6) is 0 Å². The van der Waals surface area contributed by atoms with Gasteiger partial charge in [0.05, 0.1) is 5.56 Å². The first-order valence-corrected chi connectivity index (χ1v) is 4.54. The molecule has 1 aliphatic heterocycles. The highest BCUT2D eigenvalue weighted by Crippen LogP contribution is 2.23. The Morgan fingerprint density at radius 1 is 1.54 bits per heavy atom. The summed E-state index contributed by atoms with van der Waals surface area (Å²) >= 11 is 5.82. The Morgan fingerprint density at radius 3 is 3.08 bits per heavy atom. The first-order chi connectivity index (χ1) is 6.16. The quantitative estimate of drug-likeness (QED) is 0.596. The average Bonchev–Trinajstić information content (AvgIpc) is 2.02. The van der Waals surface area contributed by atoms with Gasteiger partial charge >= 0.3 is 5.97 Å². The lowest BCUT2D eigenvalue weighted by atomic mass is 9.99. The largest absolute Gasteiger partial charge is 0.459 e. The fraction of sp³-hybridized carbons (Fsp3) is 0.300.